The second kappa shape index (κ2) is 6.48. The Balaban J connectivity index is 1.91. The molecule has 3 aromatic rings. The SMILES string of the molecule is CCCNC(Cc1cncs1)c1csc2ccccc12. The van der Waals surface area contributed by atoms with Crippen molar-refractivity contribution in [1.29, 1.82) is 0 Å². The lowest BCUT2D eigenvalue weighted by atomic mass is 10.0. The molecule has 0 aliphatic rings. The minimum atomic E-state index is 0.381. The summed E-state index contributed by atoms with van der Waals surface area (Å²) in [6.45, 7) is 3.26. The van der Waals surface area contributed by atoms with Crippen LogP contribution in [0.25, 0.3) is 10.1 Å². The number of nitrogens with zero attached hydrogens (tertiary/aromatic N) is 1. The van der Waals surface area contributed by atoms with Gasteiger partial charge in [0.2, 0.25) is 0 Å². The van der Waals surface area contributed by atoms with E-state index in [0.717, 1.165) is 19.4 Å². The third kappa shape index (κ3) is 2.92. The maximum atomic E-state index is 4.19. The van der Waals surface area contributed by atoms with Crippen molar-refractivity contribution in [2.45, 2.75) is 25.8 Å². The number of benzene rings is 1. The third-order valence-corrected chi connectivity index (χ3v) is 5.20. The Labute approximate surface area is 127 Å². The van der Waals surface area contributed by atoms with E-state index in [9.17, 15) is 0 Å². The van der Waals surface area contributed by atoms with E-state index in [4.69, 9.17) is 0 Å². The molecule has 4 heteroatoms. The molecule has 2 nitrogen and oxygen atoms in total. The van der Waals surface area contributed by atoms with E-state index in [1.54, 1.807) is 11.3 Å². The van der Waals surface area contributed by atoms with Crippen LogP contribution in [0.4, 0.5) is 0 Å². The normalized spacial score (nSPS) is 12.8. The summed E-state index contributed by atoms with van der Waals surface area (Å²) >= 11 is 3.58. The highest BCUT2D eigenvalue weighted by atomic mass is 32.1. The Morgan fingerprint density at radius 3 is 2.95 bits per heavy atom. The highest BCUT2D eigenvalue weighted by Gasteiger charge is 2.16. The summed E-state index contributed by atoms with van der Waals surface area (Å²) in [5, 5.41) is 7.38. The summed E-state index contributed by atoms with van der Waals surface area (Å²) in [7, 11) is 0. The summed E-state index contributed by atoms with van der Waals surface area (Å²) in [6.07, 6.45) is 4.16. The number of thiophene rings is 1. The second-order valence-electron chi connectivity index (χ2n) is 4.87. The molecule has 2 aromatic heterocycles. The largest absolute Gasteiger partial charge is 0.310 e. The fourth-order valence-corrected chi connectivity index (χ4v) is 4.08. The minimum absolute atomic E-state index is 0.381. The zero-order chi connectivity index (χ0) is 13.8. The van der Waals surface area contributed by atoms with Crippen molar-refractivity contribution >= 4 is 32.8 Å². The zero-order valence-electron chi connectivity index (χ0n) is 11.5. The van der Waals surface area contributed by atoms with E-state index >= 15 is 0 Å². The number of fused-ring (bicyclic) bond motifs is 1. The second-order valence-corrected chi connectivity index (χ2v) is 6.75. The van der Waals surface area contributed by atoms with E-state index in [2.05, 4.69) is 46.9 Å². The molecule has 20 heavy (non-hydrogen) atoms. The Morgan fingerprint density at radius 2 is 2.15 bits per heavy atom. The molecule has 0 saturated heterocycles. The van der Waals surface area contributed by atoms with Gasteiger partial charge in [-0.05, 0) is 35.4 Å². The standard InChI is InChI=1S/C16H18N2S2/c1-2-7-18-15(8-12-9-17-11-20-12)14-10-19-16-6-4-3-5-13(14)16/h3-6,9-11,15,18H,2,7-8H2,1H3. The molecular formula is C16H18N2S2. The molecule has 0 aliphatic carbocycles. The van der Waals surface area contributed by atoms with Gasteiger partial charge in [0.1, 0.15) is 0 Å². The van der Waals surface area contributed by atoms with E-state index in [1.165, 1.54) is 20.5 Å². The number of nitrogens with one attached hydrogen (secondary N) is 1. The van der Waals surface area contributed by atoms with Gasteiger partial charge in [0, 0.05) is 28.2 Å². The van der Waals surface area contributed by atoms with Crippen molar-refractivity contribution in [2.24, 2.45) is 0 Å². The summed E-state index contributed by atoms with van der Waals surface area (Å²) in [6, 6.07) is 9.05. The van der Waals surface area contributed by atoms with Gasteiger partial charge in [0.15, 0.2) is 0 Å². The van der Waals surface area contributed by atoms with Crippen LogP contribution in [0.5, 0.6) is 0 Å². The van der Waals surface area contributed by atoms with Crippen molar-refractivity contribution in [3.8, 4) is 0 Å². The van der Waals surface area contributed by atoms with Gasteiger partial charge >= 0.3 is 0 Å². The molecule has 1 unspecified atom stereocenters. The number of hydrogen-bond acceptors (Lipinski definition) is 4. The summed E-state index contributed by atoms with van der Waals surface area (Å²) in [5.41, 5.74) is 3.34. The van der Waals surface area contributed by atoms with Crippen LogP contribution < -0.4 is 5.32 Å². The summed E-state index contributed by atoms with van der Waals surface area (Å²) < 4.78 is 1.37. The lowest BCUT2D eigenvalue weighted by Crippen LogP contribution is -2.23. The van der Waals surface area contributed by atoms with Crippen LogP contribution in [0.3, 0.4) is 0 Å². The molecule has 1 aromatic carbocycles. The van der Waals surface area contributed by atoms with Crippen molar-refractivity contribution < 1.29 is 0 Å². The molecule has 0 saturated carbocycles. The summed E-state index contributed by atoms with van der Waals surface area (Å²) in [5.74, 6) is 0. The average molecular weight is 302 g/mol. The van der Waals surface area contributed by atoms with Crippen molar-refractivity contribution in [3.63, 3.8) is 0 Å². The molecule has 1 atom stereocenters. The first-order valence-corrected chi connectivity index (χ1v) is 8.71. The van der Waals surface area contributed by atoms with Crippen molar-refractivity contribution in [1.82, 2.24) is 10.3 Å². The highest BCUT2D eigenvalue weighted by Crippen LogP contribution is 2.32. The van der Waals surface area contributed by atoms with Gasteiger partial charge in [0.25, 0.3) is 0 Å². The monoisotopic (exact) mass is 302 g/mol. The van der Waals surface area contributed by atoms with Gasteiger partial charge in [0.05, 0.1) is 5.51 Å². The first kappa shape index (κ1) is 13.7. The van der Waals surface area contributed by atoms with Crippen molar-refractivity contribution in [3.05, 3.63) is 51.8 Å². The van der Waals surface area contributed by atoms with Crippen LogP contribution in [-0.4, -0.2) is 11.5 Å². The zero-order valence-corrected chi connectivity index (χ0v) is 13.1. The predicted molar refractivity (Wildman–Crippen MR) is 88.7 cm³/mol. The van der Waals surface area contributed by atoms with Crippen LogP contribution >= 0.6 is 22.7 Å². The van der Waals surface area contributed by atoms with E-state index in [-0.39, 0.29) is 0 Å². The quantitative estimate of drug-likeness (QED) is 0.717. The number of thiazole rings is 1. The van der Waals surface area contributed by atoms with Gasteiger partial charge in [-0.1, -0.05) is 25.1 Å². The Kier molecular flexibility index (Phi) is 4.45. The maximum Gasteiger partial charge on any atom is 0.0794 e. The third-order valence-electron chi connectivity index (χ3n) is 3.42. The number of rotatable bonds is 6. The molecule has 0 amide bonds. The Hall–Kier alpha value is -1.23. The average Bonchev–Trinajstić information content (AvgIpc) is 3.12. The smallest absolute Gasteiger partial charge is 0.0794 e. The van der Waals surface area contributed by atoms with Crippen LogP contribution in [0.2, 0.25) is 0 Å². The fraction of sp³-hybridized carbons (Fsp3) is 0.312. The first-order chi connectivity index (χ1) is 9.88. The topological polar surface area (TPSA) is 24.9 Å². The Bertz CT molecular complexity index is 658. The molecular weight excluding hydrogens is 284 g/mol. The molecule has 0 fully saturated rings. The van der Waals surface area contributed by atoms with E-state index < -0.39 is 0 Å². The van der Waals surface area contributed by atoms with E-state index in [0.29, 0.717) is 6.04 Å². The Morgan fingerprint density at radius 1 is 1.25 bits per heavy atom. The van der Waals surface area contributed by atoms with Gasteiger partial charge < -0.3 is 5.32 Å². The number of hydrogen-bond donors (Lipinski definition) is 1. The van der Waals surface area contributed by atoms with Gasteiger partial charge in [-0.3, -0.25) is 4.98 Å². The van der Waals surface area contributed by atoms with Gasteiger partial charge in [-0.25, -0.2) is 0 Å². The molecule has 2 heterocycles. The lowest BCUT2D eigenvalue weighted by Gasteiger charge is -2.17. The van der Waals surface area contributed by atoms with Gasteiger partial charge in [-0.2, -0.15) is 0 Å². The minimum Gasteiger partial charge on any atom is -0.310 e. The van der Waals surface area contributed by atoms with Crippen LogP contribution in [-0.2, 0) is 6.42 Å². The number of aromatic nitrogens is 1. The highest BCUT2D eigenvalue weighted by molar-refractivity contribution is 7.17. The first-order valence-electron chi connectivity index (χ1n) is 6.95. The van der Waals surface area contributed by atoms with Crippen molar-refractivity contribution in [2.75, 3.05) is 6.54 Å². The molecule has 3 rings (SSSR count). The predicted octanol–water partition coefficient (Wildman–Crippen LogP) is 4.64. The lowest BCUT2D eigenvalue weighted by molar-refractivity contribution is 0.536. The van der Waals surface area contributed by atoms with E-state index in [1.807, 2.05) is 23.0 Å². The van der Waals surface area contributed by atoms with Crippen LogP contribution in [0.1, 0.15) is 29.8 Å². The molecule has 0 radical (unpaired) electrons. The summed E-state index contributed by atoms with van der Waals surface area (Å²) in [4.78, 5) is 5.53. The van der Waals surface area contributed by atoms with Gasteiger partial charge in [-0.15, -0.1) is 22.7 Å². The maximum absolute atomic E-state index is 4.19. The molecule has 104 valence electrons. The molecule has 1 N–H and O–H groups in total. The van der Waals surface area contributed by atoms with Crippen LogP contribution in [0, 0.1) is 0 Å². The molecule has 0 spiro atoms. The molecule has 0 bridgehead atoms. The molecule has 0 aliphatic heterocycles. The van der Waals surface area contributed by atoms with Crippen LogP contribution in [0.15, 0.2) is 41.4 Å². The fourth-order valence-electron chi connectivity index (χ4n) is 2.42.